The molecule has 194 valence electrons. The molecule has 1 aromatic heterocycles. The summed E-state index contributed by atoms with van der Waals surface area (Å²) < 4.78 is 16.3. The van der Waals surface area contributed by atoms with Crippen molar-refractivity contribution in [3.63, 3.8) is 0 Å². The summed E-state index contributed by atoms with van der Waals surface area (Å²) in [6.07, 6.45) is -0.481. The van der Waals surface area contributed by atoms with Gasteiger partial charge in [-0.25, -0.2) is 4.79 Å². The maximum Gasteiger partial charge on any atom is 0.411 e. The number of aromatic hydroxyl groups is 1. The number of cyclic esters (lactones) is 1. The second-order valence-corrected chi connectivity index (χ2v) is 9.15. The highest BCUT2D eigenvalue weighted by Gasteiger charge is 2.51. The highest BCUT2D eigenvalue weighted by Crippen LogP contribution is 2.50. The van der Waals surface area contributed by atoms with E-state index in [2.05, 4.69) is 10.3 Å². The molecular formula is C27H24N4O7. The molecule has 3 aromatic carbocycles. The Balaban J connectivity index is 1.55. The zero-order valence-electron chi connectivity index (χ0n) is 20.5. The number of H-pyrrole nitrogens is 1. The Morgan fingerprint density at radius 2 is 1.79 bits per heavy atom. The number of aromatic nitrogens is 1. The number of aromatic amines is 1. The van der Waals surface area contributed by atoms with Crippen molar-refractivity contribution in [1.29, 1.82) is 0 Å². The topological polar surface area (TPSA) is 139 Å². The number of benzene rings is 3. The first kappa shape index (κ1) is 23.5. The molecule has 4 aromatic rings. The van der Waals surface area contributed by atoms with Crippen LogP contribution in [0, 0.1) is 10.1 Å². The van der Waals surface area contributed by atoms with Gasteiger partial charge < -0.3 is 29.6 Å². The summed E-state index contributed by atoms with van der Waals surface area (Å²) in [5.41, 5.74) is 3.95. The van der Waals surface area contributed by atoms with Crippen LogP contribution in [0.25, 0.3) is 10.9 Å². The third kappa shape index (κ3) is 3.54. The number of carbonyl (C=O) groups excluding carboxylic acids is 1. The second-order valence-electron chi connectivity index (χ2n) is 9.15. The van der Waals surface area contributed by atoms with Crippen molar-refractivity contribution in [1.82, 2.24) is 9.88 Å². The number of nitrogens with one attached hydrogen (secondary N) is 2. The van der Waals surface area contributed by atoms with Crippen molar-refractivity contribution >= 4 is 28.4 Å². The van der Waals surface area contributed by atoms with Crippen molar-refractivity contribution in [2.24, 2.45) is 0 Å². The van der Waals surface area contributed by atoms with E-state index >= 15 is 0 Å². The average molecular weight is 517 g/mol. The minimum Gasteiger partial charge on any atom is -0.502 e. The molecule has 1 fully saturated rings. The fraction of sp³-hybridized carbons (Fsp3) is 0.222. The highest BCUT2D eigenvalue weighted by molar-refractivity contribution is 5.88. The number of amides is 1. The first-order valence-corrected chi connectivity index (χ1v) is 11.9. The lowest BCUT2D eigenvalue weighted by molar-refractivity contribution is -0.384. The van der Waals surface area contributed by atoms with E-state index in [-0.39, 0.29) is 35.6 Å². The maximum atomic E-state index is 13.2. The number of nitro groups is 1. The summed E-state index contributed by atoms with van der Waals surface area (Å²) in [4.78, 5) is 29.1. The Morgan fingerprint density at radius 3 is 2.45 bits per heavy atom. The van der Waals surface area contributed by atoms with E-state index in [0.29, 0.717) is 11.3 Å². The number of rotatable bonds is 6. The van der Waals surface area contributed by atoms with Crippen molar-refractivity contribution < 1.29 is 29.0 Å². The Bertz CT molecular complexity index is 1540. The van der Waals surface area contributed by atoms with Crippen molar-refractivity contribution in [2.45, 2.75) is 18.1 Å². The molecule has 3 N–H and O–H groups in total. The predicted molar refractivity (Wildman–Crippen MR) is 138 cm³/mol. The number of nitro benzene ring substituents is 1. The van der Waals surface area contributed by atoms with Crippen LogP contribution in [0.15, 0.2) is 60.7 Å². The van der Waals surface area contributed by atoms with Gasteiger partial charge in [0, 0.05) is 40.0 Å². The lowest BCUT2D eigenvalue weighted by atomic mass is 9.85. The van der Waals surface area contributed by atoms with Crippen LogP contribution in [0.1, 0.15) is 28.9 Å². The number of phenolic OH excluding ortho intramolecular Hbond substituents is 1. The standard InChI is InChI=1S/C27H24N4O7/c1-36-20-11-14(12-21(37-2)26(20)32)25-24-22(17-5-3-4-6-18(17)29-24)23(19-13-38-27(33)30(19)25)28-15-7-9-16(10-8-15)31(34)35/h3-12,19,23,25,28-29,32H,13H2,1-2H3/t19-,23+,25-/m1/s1. The van der Waals surface area contributed by atoms with Crippen LogP contribution >= 0.6 is 0 Å². The normalized spacial score (nSPS) is 20.0. The summed E-state index contributed by atoms with van der Waals surface area (Å²) >= 11 is 0. The van der Waals surface area contributed by atoms with Gasteiger partial charge in [0.25, 0.3) is 5.69 Å². The number of hydrogen-bond donors (Lipinski definition) is 3. The van der Waals surface area contributed by atoms with E-state index in [4.69, 9.17) is 14.2 Å². The minimum atomic E-state index is -0.587. The molecule has 0 radical (unpaired) electrons. The van der Waals surface area contributed by atoms with E-state index in [1.54, 1.807) is 29.2 Å². The molecule has 0 saturated carbocycles. The van der Waals surface area contributed by atoms with Gasteiger partial charge in [-0.15, -0.1) is 0 Å². The Labute approximate surface area is 216 Å². The zero-order valence-corrected chi connectivity index (χ0v) is 20.5. The van der Waals surface area contributed by atoms with Crippen LogP contribution in [0.2, 0.25) is 0 Å². The molecule has 3 atom stereocenters. The fourth-order valence-corrected chi connectivity index (χ4v) is 5.49. The predicted octanol–water partition coefficient (Wildman–Crippen LogP) is 4.88. The van der Waals surface area contributed by atoms with Gasteiger partial charge in [-0.05, 0) is 35.9 Å². The molecule has 11 nitrogen and oxygen atoms in total. The number of carbonyl (C=O) groups is 1. The SMILES string of the molecule is COc1cc([C@@H]2c3[nH]c4ccccc4c3[C@@H](Nc3ccc([N+](=O)[O-])cc3)[C@H]3COC(=O)N23)cc(OC)c1O. The summed E-state index contributed by atoms with van der Waals surface area (Å²) in [5.74, 6) is 0.296. The van der Waals surface area contributed by atoms with Gasteiger partial charge in [-0.2, -0.15) is 0 Å². The Hall–Kier alpha value is -4.93. The second kappa shape index (κ2) is 8.87. The largest absolute Gasteiger partial charge is 0.502 e. The Morgan fingerprint density at radius 1 is 1.11 bits per heavy atom. The lowest BCUT2D eigenvalue weighted by Crippen LogP contribution is -2.47. The van der Waals surface area contributed by atoms with Crippen LogP contribution in [0.3, 0.4) is 0 Å². The molecule has 1 amide bonds. The van der Waals surface area contributed by atoms with Gasteiger partial charge in [0.05, 0.1) is 31.2 Å². The van der Waals surface area contributed by atoms with E-state index < -0.39 is 23.1 Å². The molecule has 0 bridgehead atoms. The molecule has 2 aliphatic heterocycles. The highest BCUT2D eigenvalue weighted by atomic mass is 16.6. The van der Waals surface area contributed by atoms with Gasteiger partial charge in [-0.1, -0.05) is 18.2 Å². The van der Waals surface area contributed by atoms with Gasteiger partial charge in [0.1, 0.15) is 12.6 Å². The van der Waals surface area contributed by atoms with Crippen molar-refractivity contribution in [2.75, 3.05) is 26.1 Å². The van der Waals surface area contributed by atoms with Crippen LogP contribution in [-0.2, 0) is 4.74 Å². The minimum absolute atomic E-state index is 0.0109. The van der Waals surface area contributed by atoms with Gasteiger partial charge in [0.2, 0.25) is 5.75 Å². The van der Waals surface area contributed by atoms with E-state index in [9.17, 15) is 20.0 Å². The number of phenols is 1. The van der Waals surface area contributed by atoms with Gasteiger partial charge in [-0.3, -0.25) is 15.0 Å². The van der Waals surface area contributed by atoms with Crippen LogP contribution in [-0.4, -0.2) is 52.9 Å². The summed E-state index contributed by atoms with van der Waals surface area (Å²) in [6.45, 7) is 0.144. The van der Waals surface area contributed by atoms with E-state index in [1.165, 1.54) is 26.4 Å². The molecule has 2 aliphatic rings. The molecule has 0 unspecified atom stereocenters. The number of para-hydroxylation sites is 1. The maximum absolute atomic E-state index is 13.2. The number of anilines is 1. The first-order valence-electron chi connectivity index (χ1n) is 11.9. The quantitative estimate of drug-likeness (QED) is 0.244. The molecule has 3 heterocycles. The third-order valence-corrected chi connectivity index (χ3v) is 7.19. The van der Waals surface area contributed by atoms with Crippen LogP contribution in [0.5, 0.6) is 17.2 Å². The number of ether oxygens (including phenoxy) is 3. The molecule has 1 saturated heterocycles. The lowest BCUT2D eigenvalue weighted by Gasteiger charge is -2.41. The average Bonchev–Trinajstić information content (AvgIpc) is 3.50. The summed E-state index contributed by atoms with van der Waals surface area (Å²) in [5, 5.41) is 26.1. The van der Waals surface area contributed by atoms with Crippen molar-refractivity contribution in [3.05, 3.63) is 87.6 Å². The molecule has 11 heteroatoms. The van der Waals surface area contributed by atoms with E-state index in [0.717, 1.165) is 22.2 Å². The monoisotopic (exact) mass is 516 g/mol. The fourth-order valence-electron chi connectivity index (χ4n) is 5.49. The molecule has 6 rings (SSSR count). The number of methoxy groups -OCH3 is 2. The smallest absolute Gasteiger partial charge is 0.411 e. The Kier molecular flexibility index (Phi) is 5.48. The molecule has 38 heavy (non-hydrogen) atoms. The number of hydrogen-bond acceptors (Lipinski definition) is 8. The van der Waals surface area contributed by atoms with Crippen LogP contribution < -0.4 is 14.8 Å². The number of non-ortho nitro benzene ring substituents is 1. The third-order valence-electron chi connectivity index (χ3n) is 7.19. The van der Waals surface area contributed by atoms with Crippen molar-refractivity contribution in [3.8, 4) is 17.2 Å². The summed E-state index contributed by atoms with van der Waals surface area (Å²) in [6, 6.07) is 16.0. The molecule has 0 aliphatic carbocycles. The van der Waals surface area contributed by atoms with Crippen LogP contribution in [0.4, 0.5) is 16.2 Å². The molecule has 0 spiro atoms. The van der Waals surface area contributed by atoms with E-state index in [1.807, 2.05) is 24.3 Å². The number of nitrogens with zero attached hydrogens (tertiary/aromatic N) is 2. The van der Waals surface area contributed by atoms with Gasteiger partial charge in [0.15, 0.2) is 11.5 Å². The first-order chi connectivity index (χ1) is 18.4. The summed E-state index contributed by atoms with van der Waals surface area (Å²) in [7, 11) is 2.90. The number of fused-ring (bicyclic) bond motifs is 4. The molecular weight excluding hydrogens is 492 g/mol. The van der Waals surface area contributed by atoms with Gasteiger partial charge >= 0.3 is 6.09 Å². The zero-order chi connectivity index (χ0) is 26.6.